The molecular weight excluding hydrogens is 434 g/mol. The summed E-state index contributed by atoms with van der Waals surface area (Å²) in [7, 11) is 0. The minimum atomic E-state index is -0.120. The second kappa shape index (κ2) is 11.7. The minimum absolute atomic E-state index is 0.0685. The number of hydrogen-bond donors (Lipinski definition) is 2. The Kier molecular flexibility index (Phi) is 8.19. The molecule has 35 heavy (non-hydrogen) atoms. The van der Waals surface area contributed by atoms with Crippen molar-refractivity contribution in [2.75, 3.05) is 18.0 Å². The summed E-state index contributed by atoms with van der Waals surface area (Å²) in [6, 6.07) is 27.9. The van der Waals surface area contributed by atoms with Crippen molar-refractivity contribution in [3.63, 3.8) is 0 Å². The summed E-state index contributed by atoms with van der Waals surface area (Å²) in [5.74, 6) is -0.0851. The lowest BCUT2D eigenvalue weighted by molar-refractivity contribution is -0.123. The Labute approximate surface area is 208 Å². The van der Waals surface area contributed by atoms with Gasteiger partial charge in [-0.15, -0.1) is 0 Å². The number of carbonyl (C=O) groups is 2. The molecule has 5 nitrogen and oxygen atoms in total. The van der Waals surface area contributed by atoms with Crippen LogP contribution in [0.4, 0.5) is 5.69 Å². The van der Waals surface area contributed by atoms with Gasteiger partial charge in [-0.05, 0) is 49.4 Å². The van der Waals surface area contributed by atoms with Gasteiger partial charge >= 0.3 is 0 Å². The van der Waals surface area contributed by atoms with Gasteiger partial charge in [-0.1, -0.05) is 79.7 Å². The Morgan fingerprint density at radius 1 is 0.857 bits per heavy atom. The van der Waals surface area contributed by atoms with Gasteiger partial charge in [-0.25, -0.2) is 0 Å². The van der Waals surface area contributed by atoms with Crippen LogP contribution in [-0.4, -0.2) is 30.9 Å². The van der Waals surface area contributed by atoms with E-state index in [0.29, 0.717) is 5.56 Å². The second-order valence-electron chi connectivity index (χ2n) is 9.26. The number of hydrogen-bond acceptors (Lipinski definition) is 3. The number of piperidine rings is 1. The second-order valence-corrected chi connectivity index (χ2v) is 9.26. The maximum atomic E-state index is 13.1. The standard InChI is InChI=1S/C30H35N3O2/c1-3-26(24-14-8-5-9-15-24)29(34)32-25-18-20-33(21-19-25)28-17-11-10-16-27(28)30(35)31-22(2)23-12-6-4-7-13-23/h4-17,22,25-26H,3,18-21H2,1-2H3,(H,31,35)(H,32,34)/t22-,26-/m0/s1. The van der Waals surface area contributed by atoms with Gasteiger partial charge in [0.05, 0.1) is 17.5 Å². The van der Waals surface area contributed by atoms with E-state index in [2.05, 4.69) is 22.5 Å². The summed E-state index contributed by atoms with van der Waals surface area (Å²) in [6.45, 7) is 5.65. The normalized spacial score (nSPS) is 15.8. The Morgan fingerprint density at radius 3 is 2.06 bits per heavy atom. The monoisotopic (exact) mass is 469 g/mol. The number of anilines is 1. The van der Waals surface area contributed by atoms with Crippen LogP contribution in [0.2, 0.25) is 0 Å². The molecule has 5 heteroatoms. The van der Waals surface area contributed by atoms with E-state index in [1.807, 2.05) is 91.9 Å². The molecule has 1 heterocycles. The van der Waals surface area contributed by atoms with E-state index in [9.17, 15) is 9.59 Å². The highest BCUT2D eigenvalue weighted by Crippen LogP contribution is 2.26. The van der Waals surface area contributed by atoms with Crippen LogP contribution >= 0.6 is 0 Å². The fraction of sp³-hybridized carbons (Fsp3) is 0.333. The molecule has 182 valence electrons. The van der Waals surface area contributed by atoms with Crippen molar-refractivity contribution in [2.45, 2.75) is 51.1 Å². The largest absolute Gasteiger partial charge is 0.371 e. The average Bonchev–Trinajstić information content (AvgIpc) is 2.90. The third kappa shape index (κ3) is 6.10. The summed E-state index contributed by atoms with van der Waals surface area (Å²) >= 11 is 0. The minimum Gasteiger partial charge on any atom is -0.371 e. The average molecular weight is 470 g/mol. The van der Waals surface area contributed by atoms with Crippen LogP contribution < -0.4 is 15.5 Å². The summed E-state index contributed by atoms with van der Waals surface area (Å²) < 4.78 is 0. The Morgan fingerprint density at radius 2 is 1.43 bits per heavy atom. The molecule has 0 spiro atoms. The van der Waals surface area contributed by atoms with Gasteiger partial charge in [0.1, 0.15) is 0 Å². The lowest BCUT2D eigenvalue weighted by atomic mass is 9.94. The predicted molar refractivity (Wildman–Crippen MR) is 142 cm³/mol. The zero-order valence-electron chi connectivity index (χ0n) is 20.6. The van der Waals surface area contributed by atoms with E-state index in [1.165, 1.54) is 0 Å². The number of nitrogens with zero attached hydrogens (tertiary/aromatic N) is 1. The molecule has 0 aliphatic carbocycles. The van der Waals surface area contributed by atoms with Gasteiger partial charge in [-0.3, -0.25) is 9.59 Å². The van der Waals surface area contributed by atoms with E-state index < -0.39 is 0 Å². The number of benzene rings is 3. The van der Waals surface area contributed by atoms with Crippen LogP contribution in [0.1, 0.15) is 66.6 Å². The van der Waals surface area contributed by atoms with Crippen molar-refractivity contribution in [1.82, 2.24) is 10.6 Å². The number of para-hydroxylation sites is 1. The molecule has 3 aromatic rings. The van der Waals surface area contributed by atoms with Crippen LogP contribution in [0.15, 0.2) is 84.9 Å². The first-order valence-corrected chi connectivity index (χ1v) is 12.6. The molecule has 1 aliphatic rings. The summed E-state index contributed by atoms with van der Waals surface area (Å²) in [5.41, 5.74) is 3.78. The van der Waals surface area contributed by atoms with Crippen LogP contribution in [-0.2, 0) is 4.79 Å². The highest BCUT2D eigenvalue weighted by Gasteiger charge is 2.26. The molecule has 0 aromatic heterocycles. The van der Waals surface area contributed by atoms with Crippen molar-refractivity contribution < 1.29 is 9.59 Å². The summed E-state index contributed by atoms with van der Waals surface area (Å²) in [5, 5.41) is 6.42. The van der Waals surface area contributed by atoms with E-state index in [-0.39, 0.29) is 29.8 Å². The van der Waals surface area contributed by atoms with E-state index in [4.69, 9.17) is 0 Å². The molecule has 4 rings (SSSR count). The van der Waals surface area contributed by atoms with Crippen LogP contribution in [0, 0.1) is 0 Å². The van der Waals surface area contributed by atoms with Gasteiger partial charge in [0, 0.05) is 24.8 Å². The first kappa shape index (κ1) is 24.5. The topological polar surface area (TPSA) is 61.4 Å². The zero-order chi connectivity index (χ0) is 24.6. The van der Waals surface area contributed by atoms with Gasteiger partial charge in [0.25, 0.3) is 5.91 Å². The van der Waals surface area contributed by atoms with Crippen LogP contribution in [0.3, 0.4) is 0 Å². The molecule has 1 fully saturated rings. The fourth-order valence-corrected chi connectivity index (χ4v) is 4.87. The van der Waals surface area contributed by atoms with Crippen molar-refractivity contribution >= 4 is 17.5 Å². The van der Waals surface area contributed by atoms with E-state index >= 15 is 0 Å². The summed E-state index contributed by atoms with van der Waals surface area (Å²) in [6.07, 6.45) is 2.49. The highest BCUT2D eigenvalue weighted by molar-refractivity contribution is 6.00. The molecular formula is C30H35N3O2. The maximum absolute atomic E-state index is 13.1. The predicted octanol–water partition coefficient (Wildman–Crippen LogP) is 5.46. The molecule has 1 aliphatic heterocycles. The molecule has 0 unspecified atom stereocenters. The number of rotatable bonds is 8. The molecule has 2 atom stereocenters. The van der Waals surface area contributed by atoms with Crippen LogP contribution in [0.5, 0.6) is 0 Å². The van der Waals surface area contributed by atoms with Gasteiger partial charge in [0.15, 0.2) is 0 Å². The van der Waals surface area contributed by atoms with E-state index in [1.54, 1.807) is 0 Å². The smallest absolute Gasteiger partial charge is 0.253 e. The molecule has 2 N–H and O–H groups in total. The quantitative estimate of drug-likeness (QED) is 0.461. The van der Waals surface area contributed by atoms with Crippen molar-refractivity contribution in [3.05, 3.63) is 102 Å². The number of carbonyl (C=O) groups excluding carboxylic acids is 2. The molecule has 2 amide bonds. The molecule has 0 radical (unpaired) electrons. The van der Waals surface area contributed by atoms with Crippen molar-refractivity contribution in [1.29, 1.82) is 0 Å². The molecule has 1 saturated heterocycles. The van der Waals surface area contributed by atoms with Gasteiger partial charge in [0.2, 0.25) is 5.91 Å². The fourth-order valence-electron chi connectivity index (χ4n) is 4.87. The van der Waals surface area contributed by atoms with Crippen molar-refractivity contribution in [2.24, 2.45) is 0 Å². The third-order valence-corrected chi connectivity index (χ3v) is 6.90. The Balaban J connectivity index is 1.36. The first-order valence-electron chi connectivity index (χ1n) is 12.6. The lowest BCUT2D eigenvalue weighted by Crippen LogP contribution is -2.46. The summed E-state index contributed by atoms with van der Waals surface area (Å²) in [4.78, 5) is 28.4. The lowest BCUT2D eigenvalue weighted by Gasteiger charge is -2.35. The SMILES string of the molecule is CC[C@H](C(=O)NC1CCN(c2ccccc2C(=O)N[C@@H](C)c2ccccc2)CC1)c1ccccc1. The number of amides is 2. The molecule has 0 saturated carbocycles. The molecule has 3 aromatic carbocycles. The van der Waals surface area contributed by atoms with Crippen molar-refractivity contribution in [3.8, 4) is 0 Å². The zero-order valence-corrected chi connectivity index (χ0v) is 20.6. The van der Waals surface area contributed by atoms with Crippen LogP contribution in [0.25, 0.3) is 0 Å². The van der Waals surface area contributed by atoms with Gasteiger partial charge < -0.3 is 15.5 Å². The van der Waals surface area contributed by atoms with Gasteiger partial charge in [-0.2, -0.15) is 0 Å². The Hall–Kier alpha value is -3.60. The van der Waals surface area contributed by atoms with E-state index in [0.717, 1.165) is 49.2 Å². The third-order valence-electron chi connectivity index (χ3n) is 6.90. The highest BCUT2D eigenvalue weighted by atomic mass is 16.2. The number of nitrogens with one attached hydrogen (secondary N) is 2. The first-order chi connectivity index (χ1) is 17.1. The maximum Gasteiger partial charge on any atom is 0.253 e. The Bertz CT molecular complexity index is 1110. The molecule has 0 bridgehead atoms.